The van der Waals surface area contributed by atoms with Crippen LogP contribution in [-0.4, -0.2) is 22.6 Å². The Kier molecular flexibility index (Phi) is 4.87. The van der Waals surface area contributed by atoms with E-state index in [1.54, 1.807) is 19.2 Å². The van der Waals surface area contributed by atoms with Crippen LogP contribution in [-0.2, 0) is 6.54 Å². The minimum atomic E-state index is -0.391. The third-order valence-corrected chi connectivity index (χ3v) is 4.59. The lowest BCUT2D eigenvalue weighted by atomic mass is 10.2. The van der Waals surface area contributed by atoms with Crippen molar-refractivity contribution in [3.05, 3.63) is 94.2 Å². The molecule has 2 aromatic heterocycles. The first-order chi connectivity index (χ1) is 14.0. The zero-order valence-electron chi connectivity index (χ0n) is 15.6. The molecular formula is C22H18FN3O3. The van der Waals surface area contributed by atoms with E-state index in [2.05, 4.69) is 10.3 Å². The number of hydrogen-bond acceptors (Lipinski definition) is 3. The molecule has 0 saturated carbocycles. The summed E-state index contributed by atoms with van der Waals surface area (Å²) < 4.78 is 19.8. The van der Waals surface area contributed by atoms with Crippen LogP contribution in [0.1, 0.15) is 16.1 Å². The summed E-state index contributed by atoms with van der Waals surface area (Å²) in [6, 6.07) is 17.7. The monoisotopic (exact) mass is 391 g/mol. The Morgan fingerprint density at radius 3 is 2.66 bits per heavy atom. The van der Waals surface area contributed by atoms with Crippen molar-refractivity contribution in [3.8, 4) is 11.4 Å². The summed E-state index contributed by atoms with van der Waals surface area (Å²) in [7, 11) is 1.59. The maximum absolute atomic E-state index is 13.2. The van der Waals surface area contributed by atoms with Crippen molar-refractivity contribution in [1.82, 2.24) is 14.9 Å². The molecule has 0 atom stereocenters. The smallest absolute Gasteiger partial charge is 0.268 e. The molecule has 4 rings (SSSR count). The molecule has 6 nitrogen and oxygen atoms in total. The number of methoxy groups -OCH3 is 1. The second-order valence-corrected chi connectivity index (χ2v) is 6.50. The topological polar surface area (TPSA) is 76.1 Å². The van der Waals surface area contributed by atoms with Crippen LogP contribution < -0.4 is 15.6 Å². The lowest BCUT2D eigenvalue weighted by molar-refractivity contribution is 0.0946. The fourth-order valence-electron chi connectivity index (χ4n) is 3.15. The maximum atomic E-state index is 13.2. The normalized spacial score (nSPS) is 10.8. The molecule has 146 valence electrons. The Hall–Kier alpha value is -3.87. The SMILES string of the molecule is COc1cccc(CNC(=O)c2cc3ccc(=O)n(-c4ccc(F)cc4)c3[nH]2)c1. The third kappa shape index (κ3) is 3.75. The third-order valence-electron chi connectivity index (χ3n) is 4.59. The number of pyridine rings is 1. The van der Waals surface area contributed by atoms with Crippen molar-refractivity contribution < 1.29 is 13.9 Å². The van der Waals surface area contributed by atoms with Gasteiger partial charge in [-0.2, -0.15) is 0 Å². The van der Waals surface area contributed by atoms with E-state index in [0.29, 0.717) is 34.7 Å². The minimum absolute atomic E-state index is 0.283. The van der Waals surface area contributed by atoms with Gasteiger partial charge in [-0.3, -0.25) is 14.2 Å². The molecule has 2 heterocycles. The van der Waals surface area contributed by atoms with Crippen LogP contribution in [0.2, 0.25) is 0 Å². The second kappa shape index (κ2) is 7.63. The number of nitrogens with one attached hydrogen (secondary N) is 2. The number of ether oxygens (including phenoxy) is 1. The van der Waals surface area contributed by atoms with Gasteiger partial charge in [0, 0.05) is 18.0 Å². The molecule has 0 aliphatic heterocycles. The van der Waals surface area contributed by atoms with E-state index in [-0.39, 0.29) is 11.5 Å². The van der Waals surface area contributed by atoms with Crippen LogP contribution in [0.5, 0.6) is 5.75 Å². The molecular weight excluding hydrogens is 373 g/mol. The lowest BCUT2D eigenvalue weighted by Gasteiger charge is -2.07. The molecule has 0 bridgehead atoms. The average molecular weight is 391 g/mol. The molecule has 7 heteroatoms. The number of amides is 1. The van der Waals surface area contributed by atoms with Crippen LogP contribution in [0.4, 0.5) is 4.39 Å². The predicted octanol–water partition coefficient (Wildman–Crippen LogP) is 3.40. The van der Waals surface area contributed by atoms with Gasteiger partial charge in [-0.1, -0.05) is 12.1 Å². The van der Waals surface area contributed by atoms with Crippen molar-refractivity contribution in [3.63, 3.8) is 0 Å². The van der Waals surface area contributed by atoms with Crippen molar-refractivity contribution in [2.24, 2.45) is 0 Å². The number of benzene rings is 2. The van der Waals surface area contributed by atoms with Gasteiger partial charge < -0.3 is 15.0 Å². The molecule has 0 spiro atoms. The van der Waals surface area contributed by atoms with Gasteiger partial charge in [0.1, 0.15) is 22.9 Å². The minimum Gasteiger partial charge on any atom is -0.497 e. The number of hydrogen-bond donors (Lipinski definition) is 2. The average Bonchev–Trinajstić information content (AvgIpc) is 3.17. The van der Waals surface area contributed by atoms with Crippen molar-refractivity contribution >= 4 is 16.9 Å². The first-order valence-electron chi connectivity index (χ1n) is 8.97. The number of aromatic amines is 1. The highest BCUT2D eigenvalue weighted by atomic mass is 19.1. The van der Waals surface area contributed by atoms with Gasteiger partial charge in [-0.25, -0.2) is 4.39 Å². The molecule has 0 radical (unpaired) electrons. The summed E-state index contributed by atoms with van der Waals surface area (Å²) in [4.78, 5) is 28.0. The van der Waals surface area contributed by atoms with Gasteiger partial charge in [0.05, 0.1) is 12.8 Å². The van der Waals surface area contributed by atoms with E-state index in [9.17, 15) is 14.0 Å². The zero-order valence-corrected chi connectivity index (χ0v) is 15.6. The number of nitrogens with zero attached hydrogens (tertiary/aromatic N) is 1. The molecule has 0 aliphatic rings. The number of aromatic nitrogens is 2. The molecule has 2 N–H and O–H groups in total. The van der Waals surface area contributed by atoms with E-state index in [0.717, 1.165) is 5.56 Å². The molecule has 0 saturated heterocycles. The van der Waals surface area contributed by atoms with Crippen LogP contribution >= 0.6 is 0 Å². The molecule has 0 fully saturated rings. The Balaban J connectivity index is 1.63. The van der Waals surface area contributed by atoms with Crippen LogP contribution in [0.15, 0.2) is 71.5 Å². The number of carbonyl (C=O) groups excluding carboxylic acids is 1. The van der Waals surface area contributed by atoms with Crippen LogP contribution in [0.3, 0.4) is 0 Å². The standard InChI is InChI=1S/C22H18FN3O3/c1-29-18-4-2-3-14(11-18)13-24-22(28)19-12-15-5-10-20(27)26(21(15)25-19)17-8-6-16(23)7-9-17/h2-12,25H,13H2,1H3,(H,24,28). The first-order valence-corrected chi connectivity index (χ1v) is 8.97. The molecule has 29 heavy (non-hydrogen) atoms. The maximum Gasteiger partial charge on any atom is 0.268 e. The van der Waals surface area contributed by atoms with Crippen molar-refractivity contribution in [2.75, 3.05) is 7.11 Å². The highest BCUT2D eigenvalue weighted by molar-refractivity contribution is 5.97. The highest BCUT2D eigenvalue weighted by Gasteiger charge is 2.13. The van der Waals surface area contributed by atoms with Crippen molar-refractivity contribution in [2.45, 2.75) is 6.54 Å². The number of rotatable bonds is 5. The van der Waals surface area contributed by atoms with Gasteiger partial charge in [0.15, 0.2) is 0 Å². The molecule has 0 unspecified atom stereocenters. The summed E-state index contributed by atoms with van der Waals surface area (Å²) in [6.07, 6.45) is 0. The predicted molar refractivity (Wildman–Crippen MR) is 108 cm³/mol. The van der Waals surface area contributed by atoms with Gasteiger partial charge in [-0.15, -0.1) is 0 Å². The van der Waals surface area contributed by atoms with E-state index in [4.69, 9.17) is 4.74 Å². The summed E-state index contributed by atoms with van der Waals surface area (Å²) in [5.41, 5.74) is 1.92. The number of H-pyrrole nitrogens is 1. The van der Waals surface area contributed by atoms with Crippen molar-refractivity contribution in [1.29, 1.82) is 0 Å². The molecule has 4 aromatic rings. The summed E-state index contributed by atoms with van der Waals surface area (Å²) >= 11 is 0. The molecule has 2 aromatic carbocycles. The number of carbonyl (C=O) groups is 1. The Morgan fingerprint density at radius 2 is 1.90 bits per heavy atom. The molecule has 1 amide bonds. The van der Waals surface area contributed by atoms with E-state index in [1.807, 2.05) is 24.3 Å². The largest absolute Gasteiger partial charge is 0.497 e. The summed E-state index contributed by atoms with van der Waals surface area (Å²) in [5, 5.41) is 3.54. The van der Waals surface area contributed by atoms with E-state index >= 15 is 0 Å². The fraction of sp³-hybridized carbons (Fsp3) is 0.0909. The Morgan fingerprint density at radius 1 is 1.10 bits per heavy atom. The van der Waals surface area contributed by atoms with Crippen LogP contribution in [0, 0.1) is 5.82 Å². The van der Waals surface area contributed by atoms with Gasteiger partial charge in [-0.05, 0) is 54.1 Å². The van der Waals surface area contributed by atoms with Gasteiger partial charge in [0.25, 0.3) is 11.5 Å². The number of fused-ring (bicyclic) bond motifs is 1. The van der Waals surface area contributed by atoms with Gasteiger partial charge >= 0.3 is 0 Å². The second-order valence-electron chi connectivity index (χ2n) is 6.50. The van der Waals surface area contributed by atoms with E-state index < -0.39 is 5.82 Å². The highest BCUT2D eigenvalue weighted by Crippen LogP contribution is 2.18. The zero-order chi connectivity index (χ0) is 20.4. The quantitative estimate of drug-likeness (QED) is 0.548. The van der Waals surface area contributed by atoms with E-state index in [1.165, 1.54) is 34.9 Å². The molecule has 0 aliphatic carbocycles. The Bertz CT molecular complexity index is 1240. The first kappa shape index (κ1) is 18.5. The Labute approximate surface area is 165 Å². The fourth-order valence-corrected chi connectivity index (χ4v) is 3.15. The summed E-state index contributed by atoms with van der Waals surface area (Å²) in [5.74, 6) is 0.0193. The van der Waals surface area contributed by atoms with Gasteiger partial charge in [0.2, 0.25) is 0 Å². The summed E-state index contributed by atoms with van der Waals surface area (Å²) in [6.45, 7) is 0.330. The number of halogens is 1. The lowest BCUT2D eigenvalue weighted by Crippen LogP contribution is -2.23. The van der Waals surface area contributed by atoms with Crippen LogP contribution in [0.25, 0.3) is 16.7 Å².